The summed E-state index contributed by atoms with van der Waals surface area (Å²) in [5.74, 6) is 0.920. The van der Waals surface area contributed by atoms with E-state index in [9.17, 15) is 4.79 Å². The molecule has 1 aromatic rings. The fraction of sp³-hybridized carbons (Fsp3) is 0.667. The number of carbonyl (C=O) groups excluding carboxylic acids is 1. The highest BCUT2D eigenvalue weighted by atomic mass is 16.6. The zero-order chi connectivity index (χ0) is 15.3. The molecular weight excluding hydrogens is 278 g/mol. The summed E-state index contributed by atoms with van der Waals surface area (Å²) in [6.07, 6.45) is 5.94. The van der Waals surface area contributed by atoms with Crippen LogP contribution in [0.1, 0.15) is 43.9 Å². The van der Waals surface area contributed by atoms with E-state index in [0.29, 0.717) is 18.4 Å². The minimum absolute atomic E-state index is 0.0386. The normalized spacial score (nSPS) is 39.6. The Morgan fingerprint density at radius 1 is 1.36 bits per heavy atom. The third-order valence-electron chi connectivity index (χ3n) is 5.79. The van der Waals surface area contributed by atoms with Gasteiger partial charge in [-0.15, -0.1) is 0 Å². The summed E-state index contributed by atoms with van der Waals surface area (Å²) in [4.78, 5) is 16.6. The van der Waals surface area contributed by atoms with Crippen molar-refractivity contribution < 1.29 is 14.3 Å². The number of hydrogen-bond acceptors (Lipinski definition) is 4. The van der Waals surface area contributed by atoms with Crippen LogP contribution in [-0.2, 0) is 20.9 Å². The van der Waals surface area contributed by atoms with E-state index in [-0.39, 0.29) is 23.6 Å². The zero-order valence-electron chi connectivity index (χ0n) is 13.2. The van der Waals surface area contributed by atoms with Gasteiger partial charge >= 0.3 is 5.97 Å². The molecule has 0 aromatic carbocycles. The van der Waals surface area contributed by atoms with Gasteiger partial charge in [0.15, 0.2) is 0 Å². The summed E-state index contributed by atoms with van der Waals surface area (Å²) in [7, 11) is 0. The van der Waals surface area contributed by atoms with Crippen LogP contribution in [-0.4, -0.2) is 22.7 Å². The summed E-state index contributed by atoms with van der Waals surface area (Å²) >= 11 is 0. The third kappa shape index (κ3) is 2.00. The minimum Gasteiger partial charge on any atom is -0.459 e. The first-order valence-electron chi connectivity index (χ1n) is 8.35. The van der Waals surface area contributed by atoms with E-state index in [2.05, 4.69) is 18.0 Å². The monoisotopic (exact) mass is 301 g/mol. The van der Waals surface area contributed by atoms with Crippen LogP contribution in [0.2, 0.25) is 0 Å². The van der Waals surface area contributed by atoms with Crippen molar-refractivity contribution in [1.82, 2.24) is 4.98 Å². The molecular formula is C18H23NO3. The van der Waals surface area contributed by atoms with Crippen LogP contribution in [0.15, 0.2) is 18.3 Å². The van der Waals surface area contributed by atoms with Gasteiger partial charge in [-0.1, -0.05) is 13.0 Å². The Kier molecular flexibility index (Phi) is 3.26. The van der Waals surface area contributed by atoms with Crippen molar-refractivity contribution in [2.24, 2.45) is 17.8 Å². The summed E-state index contributed by atoms with van der Waals surface area (Å²) in [6.45, 7) is 4.74. The Morgan fingerprint density at radius 2 is 2.23 bits per heavy atom. The maximum Gasteiger partial charge on any atom is 0.312 e. The summed E-state index contributed by atoms with van der Waals surface area (Å²) in [5, 5.41) is 0. The van der Waals surface area contributed by atoms with Crippen LogP contribution >= 0.6 is 0 Å². The molecule has 0 bridgehead atoms. The molecule has 4 heteroatoms. The number of carbonyl (C=O) groups is 1. The maximum absolute atomic E-state index is 12.3. The second-order valence-corrected chi connectivity index (χ2v) is 7.28. The highest BCUT2D eigenvalue weighted by molar-refractivity contribution is 5.77. The van der Waals surface area contributed by atoms with Crippen molar-refractivity contribution in [1.29, 1.82) is 0 Å². The lowest BCUT2D eigenvalue weighted by atomic mass is 9.67. The first-order chi connectivity index (χ1) is 10.6. The topological polar surface area (TPSA) is 48.4 Å². The Bertz CT molecular complexity index is 584. The van der Waals surface area contributed by atoms with Crippen LogP contribution in [0.4, 0.5) is 0 Å². The predicted molar refractivity (Wildman–Crippen MR) is 81.0 cm³/mol. The standard InChI is InChI=1S/C18H23NO3/c1-11-7-14-5-6-16-18(14,15(8-11)17(20)22-16)21-10-13-4-3-12(2)19-9-13/h3-4,9,11,14-16H,5-8,10H2,1-2H3/t11-,14?,15?,16+,18-/m0/s1. The van der Waals surface area contributed by atoms with Gasteiger partial charge in [0.1, 0.15) is 11.7 Å². The molecule has 3 aliphatic rings. The summed E-state index contributed by atoms with van der Waals surface area (Å²) in [5.41, 5.74) is 1.69. The molecule has 3 fully saturated rings. The van der Waals surface area contributed by atoms with Crippen molar-refractivity contribution in [2.75, 3.05) is 0 Å². The lowest BCUT2D eigenvalue weighted by Crippen LogP contribution is -2.52. The van der Waals surface area contributed by atoms with Gasteiger partial charge in [-0.3, -0.25) is 9.78 Å². The van der Waals surface area contributed by atoms with Crippen molar-refractivity contribution in [3.63, 3.8) is 0 Å². The molecule has 5 atom stereocenters. The number of ether oxygens (including phenoxy) is 2. The molecule has 0 amide bonds. The highest BCUT2D eigenvalue weighted by Crippen LogP contribution is 2.57. The number of nitrogens with zero attached hydrogens (tertiary/aromatic N) is 1. The fourth-order valence-electron chi connectivity index (χ4n) is 4.80. The smallest absolute Gasteiger partial charge is 0.312 e. The quantitative estimate of drug-likeness (QED) is 0.805. The van der Waals surface area contributed by atoms with Crippen molar-refractivity contribution >= 4 is 5.97 Å². The van der Waals surface area contributed by atoms with E-state index >= 15 is 0 Å². The molecule has 1 aromatic heterocycles. The summed E-state index contributed by atoms with van der Waals surface area (Å²) in [6, 6.07) is 4.06. The Labute approximate surface area is 131 Å². The molecule has 22 heavy (non-hydrogen) atoms. The number of hydrogen-bond donors (Lipinski definition) is 0. The third-order valence-corrected chi connectivity index (χ3v) is 5.79. The molecule has 2 saturated carbocycles. The molecule has 2 aliphatic carbocycles. The average Bonchev–Trinajstić information content (AvgIpc) is 2.97. The molecule has 1 saturated heterocycles. The van der Waals surface area contributed by atoms with E-state index in [1.807, 2.05) is 19.2 Å². The van der Waals surface area contributed by atoms with Gasteiger partial charge in [0.2, 0.25) is 0 Å². The second kappa shape index (κ2) is 5.05. The molecule has 4 rings (SSSR count). The predicted octanol–water partition coefficient (Wildman–Crippen LogP) is 3.03. The summed E-state index contributed by atoms with van der Waals surface area (Å²) < 4.78 is 12.1. The van der Waals surface area contributed by atoms with E-state index < -0.39 is 0 Å². The first kappa shape index (κ1) is 14.2. The second-order valence-electron chi connectivity index (χ2n) is 7.28. The SMILES string of the molecule is Cc1ccc(CO[C@]23C4CC[C@H]2OC(=O)C3C[C@@H](C)C4)cn1. The van der Waals surface area contributed by atoms with Gasteiger partial charge in [0.05, 0.1) is 12.5 Å². The fourth-order valence-corrected chi connectivity index (χ4v) is 4.80. The Hall–Kier alpha value is -1.42. The Morgan fingerprint density at radius 3 is 3.00 bits per heavy atom. The largest absolute Gasteiger partial charge is 0.459 e. The molecule has 1 aliphatic heterocycles. The van der Waals surface area contributed by atoms with E-state index in [0.717, 1.165) is 36.9 Å². The number of pyridine rings is 1. The molecule has 4 nitrogen and oxygen atoms in total. The maximum atomic E-state index is 12.3. The Balaban J connectivity index is 1.60. The van der Waals surface area contributed by atoms with Gasteiger partial charge in [0.25, 0.3) is 0 Å². The van der Waals surface area contributed by atoms with Gasteiger partial charge in [-0.05, 0) is 56.1 Å². The molecule has 0 radical (unpaired) electrons. The van der Waals surface area contributed by atoms with Crippen LogP contribution in [0.3, 0.4) is 0 Å². The van der Waals surface area contributed by atoms with E-state index in [1.54, 1.807) is 0 Å². The lowest BCUT2D eigenvalue weighted by Gasteiger charge is -2.43. The van der Waals surface area contributed by atoms with Crippen molar-refractivity contribution in [3.05, 3.63) is 29.6 Å². The van der Waals surface area contributed by atoms with Crippen LogP contribution in [0, 0.1) is 24.7 Å². The zero-order valence-corrected chi connectivity index (χ0v) is 13.2. The van der Waals surface area contributed by atoms with Crippen LogP contribution in [0.5, 0.6) is 0 Å². The van der Waals surface area contributed by atoms with Crippen LogP contribution in [0.25, 0.3) is 0 Å². The van der Waals surface area contributed by atoms with Gasteiger partial charge < -0.3 is 9.47 Å². The lowest BCUT2D eigenvalue weighted by molar-refractivity contribution is -0.150. The molecule has 2 heterocycles. The first-order valence-corrected chi connectivity index (χ1v) is 8.35. The van der Waals surface area contributed by atoms with E-state index in [1.165, 1.54) is 0 Å². The molecule has 0 spiro atoms. The molecule has 118 valence electrons. The van der Waals surface area contributed by atoms with Gasteiger partial charge in [-0.25, -0.2) is 0 Å². The number of rotatable bonds is 3. The minimum atomic E-state index is -0.380. The number of aryl methyl sites for hydroxylation is 1. The van der Waals surface area contributed by atoms with Gasteiger partial charge in [-0.2, -0.15) is 0 Å². The molecule has 2 unspecified atom stereocenters. The van der Waals surface area contributed by atoms with Crippen molar-refractivity contribution in [2.45, 2.75) is 57.8 Å². The van der Waals surface area contributed by atoms with E-state index in [4.69, 9.17) is 9.47 Å². The highest BCUT2D eigenvalue weighted by Gasteiger charge is 2.67. The van der Waals surface area contributed by atoms with Crippen molar-refractivity contribution in [3.8, 4) is 0 Å². The average molecular weight is 301 g/mol. The van der Waals surface area contributed by atoms with Crippen LogP contribution < -0.4 is 0 Å². The van der Waals surface area contributed by atoms with Gasteiger partial charge in [0, 0.05) is 11.9 Å². The molecule has 0 N–H and O–H groups in total. The number of esters is 1. The number of aromatic nitrogens is 1.